The largest absolute Gasteiger partial charge is 0.497 e. The maximum atomic E-state index is 12.1. The van der Waals surface area contributed by atoms with Crippen molar-refractivity contribution in [2.75, 3.05) is 13.7 Å². The van der Waals surface area contributed by atoms with E-state index in [0.717, 1.165) is 25.0 Å². The summed E-state index contributed by atoms with van der Waals surface area (Å²) in [7, 11) is -1.90. The number of unbranched alkanes of at least 4 members (excludes halogenated alkanes) is 1. The Labute approximate surface area is 124 Å². The molecule has 1 aromatic carbocycles. The van der Waals surface area contributed by atoms with E-state index in [1.807, 2.05) is 0 Å². The van der Waals surface area contributed by atoms with Gasteiger partial charge in [0, 0.05) is 18.4 Å². The van der Waals surface area contributed by atoms with Gasteiger partial charge in [-0.25, -0.2) is 18.1 Å². The van der Waals surface area contributed by atoms with Crippen LogP contribution in [0.3, 0.4) is 0 Å². The second-order valence-corrected chi connectivity index (χ2v) is 6.37. The number of nitrogens with zero attached hydrogens (tertiary/aromatic N) is 1. The molecule has 0 unspecified atom stereocenters. The number of methoxy groups -OCH3 is 1. The fourth-order valence-electron chi connectivity index (χ4n) is 1.91. The smallest absolute Gasteiger partial charge is 0.240 e. The normalized spacial score (nSPS) is 11.5. The molecule has 0 saturated heterocycles. The minimum atomic E-state index is -3.45. The number of hydrogen-bond donors (Lipinski definition) is 2. The van der Waals surface area contributed by atoms with Crippen LogP contribution in [0.4, 0.5) is 0 Å². The summed E-state index contributed by atoms with van der Waals surface area (Å²) >= 11 is 0. The van der Waals surface area contributed by atoms with Crippen LogP contribution >= 0.6 is 0 Å². The Kier molecular flexibility index (Phi) is 5.35. The molecule has 0 aliphatic carbocycles. The first kappa shape index (κ1) is 15.5. The highest BCUT2D eigenvalue weighted by molar-refractivity contribution is 7.89. The quantitative estimate of drug-likeness (QED) is 0.727. The van der Waals surface area contributed by atoms with Crippen LogP contribution in [0.25, 0.3) is 0 Å². The van der Waals surface area contributed by atoms with Crippen molar-refractivity contribution < 1.29 is 13.2 Å². The molecule has 2 N–H and O–H groups in total. The van der Waals surface area contributed by atoms with Crippen molar-refractivity contribution >= 4 is 10.0 Å². The summed E-state index contributed by atoms with van der Waals surface area (Å²) in [5, 5.41) is 0. The van der Waals surface area contributed by atoms with Crippen LogP contribution < -0.4 is 9.46 Å². The van der Waals surface area contributed by atoms with E-state index in [1.54, 1.807) is 31.8 Å². The van der Waals surface area contributed by atoms with Crippen LogP contribution in [0.15, 0.2) is 41.7 Å². The number of hydrogen-bond acceptors (Lipinski definition) is 4. The summed E-state index contributed by atoms with van der Waals surface area (Å²) in [6.45, 7) is 0.419. The Morgan fingerprint density at radius 3 is 2.62 bits per heavy atom. The molecule has 0 fully saturated rings. The van der Waals surface area contributed by atoms with Gasteiger partial charge in [0.1, 0.15) is 5.75 Å². The van der Waals surface area contributed by atoms with Crippen molar-refractivity contribution in [3.63, 3.8) is 0 Å². The van der Waals surface area contributed by atoms with Gasteiger partial charge >= 0.3 is 0 Å². The third-order valence-corrected chi connectivity index (χ3v) is 4.57. The van der Waals surface area contributed by atoms with E-state index in [-0.39, 0.29) is 4.90 Å². The molecule has 0 aliphatic heterocycles. The first-order valence-corrected chi connectivity index (χ1v) is 8.21. The van der Waals surface area contributed by atoms with E-state index >= 15 is 0 Å². The lowest BCUT2D eigenvalue weighted by Gasteiger charge is -2.07. The maximum Gasteiger partial charge on any atom is 0.240 e. The van der Waals surface area contributed by atoms with Gasteiger partial charge in [0.15, 0.2) is 0 Å². The molecule has 0 radical (unpaired) electrons. The first-order valence-electron chi connectivity index (χ1n) is 6.73. The standard InChI is InChI=1S/C14H19N3O3S/c1-20-13-5-7-14(8-6-13)21(18,19)17-9-3-2-4-12-10-15-11-16-12/h5-8,10-11,17H,2-4,9H2,1H3,(H,15,16). The molecule has 2 rings (SSSR count). The molecule has 0 amide bonds. The monoisotopic (exact) mass is 309 g/mol. The van der Waals surface area contributed by atoms with Gasteiger partial charge in [-0.15, -0.1) is 0 Å². The van der Waals surface area contributed by atoms with Crippen LogP contribution in [0.1, 0.15) is 18.5 Å². The summed E-state index contributed by atoms with van der Waals surface area (Å²) in [4.78, 5) is 7.20. The predicted octanol–water partition coefficient (Wildman–Crippen LogP) is 1.72. The van der Waals surface area contributed by atoms with Crippen LogP contribution in [0.5, 0.6) is 5.75 Å². The van der Waals surface area contributed by atoms with Crippen molar-refractivity contribution in [1.29, 1.82) is 0 Å². The van der Waals surface area contributed by atoms with Crippen molar-refractivity contribution in [3.8, 4) is 5.75 Å². The number of aryl methyl sites for hydroxylation is 1. The zero-order valence-corrected chi connectivity index (χ0v) is 12.7. The van der Waals surface area contributed by atoms with Crippen molar-refractivity contribution in [1.82, 2.24) is 14.7 Å². The Hall–Kier alpha value is -1.86. The Morgan fingerprint density at radius 2 is 2.00 bits per heavy atom. The zero-order chi connectivity index (χ0) is 15.1. The summed E-state index contributed by atoms with van der Waals surface area (Å²) < 4.78 is 31.7. The molecular weight excluding hydrogens is 290 g/mol. The lowest BCUT2D eigenvalue weighted by Crippen LogP contribution is -2.24. The van der Waals surface area contributed by atoms with Crippen molar-refractivity contribution in [3.05, 3.63) is 42.5 Å². The molecule has 1 heterocycles. The lowest BCUT2D eigenvalue weighted by molar-refractivity contribution is 0.414. The van der Waals surface area contributed by atoms with E-state index < -0.39 is 10.0 Å². The molecule has 0 aliphatic rings. The molecule has 6 nitrogen and oxygen atoms in total. The van der Waals surface area contributed by atoms with Gasteiger partial charge in [0.2, 0.25) is 10.0 Å². The van der Waals surface area contributed by atoms with Gasteiger partial charge in [-0.3, -0.25) is 0 Å². The van der Waals surface area contributed by atoms with Gasteiger partial charge in [-0.2, -0.15) is 0 Å². The van der Waals surface area contributed by atoms with Crippen LogP contribution in [-0.4, -0.2) is 32.0 Å². The number of ether oxygens (including phenoxy) is 1. The molecule has 21 heavy (non-hydrogen) atoms. The van der Waals surface area contributed by atoms with E-state index in [0.29, 0.717) is 12.3 Å². The van der Waals surface area contributed by atoms with E-state index in [4.69, 9.17) is 4.74 Å². The number of benzene rings is 1. The number of aromatic amines is 1. The molecule has 1 aromatic heterocycles. The lowest BCUT2D eigenvalue weighted by atomic mass is 10.2. The fraction of sp³-hybridized carbons (Fsp3) is 0.357. The highest BCUT2D eigenvalue weighted by Crippen LogP contribution is 2.15. The van der Waals surface area contributed by atoms with E-state index in [9.17, 15) is 8.42 Å². The predicted molar refractivity (Wildman–Crippen MR) is 79.7 cm³/mol. The molecule has 0 saturated carbocycles. The van der Waals surface area contributed by atoms with Gasteiger partial charge < -0.3 is 9.72 Å². The van der Waals surface area contributed by atoms with E-state index in [2.05, 4.69) is 14.7 Å². The van der Waals surface area contributed by atoms with E-state index in [1.165, 1.54) is 12.1 Å². The molecule has 0 atom stereocenters. The van der Waals surface area contributed by atoms with Crippen LogP contribution in [-0.2, 0) is 16.4 Å². The average Bonchev–Trinajstić information content (AvgIpc) is 3.00. The summed E-state index contributed by atoms with van der Waals surface area (Å²) in [5.41, 5.74) is 1.06. The van der Waals surface area contributed by atoms with Gasteiger partial charge in [-0.05, 0) is 43.5 Å². The van der Waals surface area contributed by atoms with Crippen LogP contribution in [0, 0.1) is 0 Å². The Morgan fingerprint density at radius 1 is 1.24 bits per heavy atom. The van der Waals surface area contributed by atoms with Crippen LogP contribution in [0.2, 0.25) is 0 Å². The highest BCUT2D eigenvalue weighted by atomic mass is 32.2. The molecule has 0 spiro atoms. The van der Waals surface area contributed by atoms with Gasteiger partial charge in [0.05, 0.1) is 18.3 Å². The third-order valence-electron chi connectivity index (χ3n) is 3.09. The van der Waals surface area contributed by atoms with Gasteiger partial charge in [-0.1, -0.05) is 0 Å². The number of H-pyrrole nitrogens is 1. The minimum Gasteiger partial charge on any atom is -0.497 e. The average molecular weight is 309 g/mol. The first-order chi connectivity index (χ1) is 10.1. The molecule has 2 aromatic rings. The second-order valence-electron chi connectivity index (χ2n) is 4.61. The van der Waals surface area contributed by atoms with Crippen molar-refractivity contribution in [2.24, 2.45) is 0 Å². The fourth-order valence-corrected chi connectivity index (χ4v) is 2.98. The van der Waals surface area contributed by atoms with Gasteiger partial charge in [0.25, 0.3) is 0 Å². The molecule has 7 heteroatoms. The number of aromatic nitrogens is 2. The SMILES string of the molecule is COc1ccc(S(=O)(=O)NCCCCc2cnc[nH]2)cc1. The topological polar surface area (TPSA) is 84.1 Å². The number of rotatable bonds is 8. The Balaban J connectivity index is 1.78. The zero-order valence-electron chi connectivity index (χ0n) is 11.9. The number of sulfonamides is 1. The summed E-state index contributed by atoms with van der Waals surface area (Å²) in [5.74, 6) is 0.633. The molecule has 0 bridgehead atoms. The number of nitrogens with one attached hydrogen (secondary N) is 2. The van der Waals surface area contributed by atoms with Crippen molar-refractivity contribution in [2.45, 2.75) is 24.2 Å². The maximum absolute atomic E-state index is 12.1. The second kappa shape index (κ2) is 7.24. The molecule has 114 valence electrons. The minimum absolute atomic E-state index is 0.247. The summed E-state index contributed by atoms with van der Waals surface area (Å²) in [6, 6.07) is 6.33. The Bertz CT molecular complexity index is 637. The summed E-state index contributed by atoms with van der Waals surface area (Å²) in [6.07, 6.45) is 5.95. The number of imidazole rings is 1. The third kappa shape index (κ3) is 4.57. The highest BCUT2D eigenvalue weighted by Gasteiger charge is 2.12. The molecular formula is C14H19N3O3S.